The van der Waals surface area contributed by atoms with Crippen LogP contribution in [0.1, 0.15) is 17.2 Å². The van der Waals surface area contributed by atoms with Crippen LogP contribution in [0.25, 0.3) is 11.1 Å². The molecule has 1 aliphatic heterocycles. The Morgan fingerprint density at radius 1 is 0.654 bits per heavy atom. The molecule has 3 aromatic carbocycles. The van der Waals surface area contributed by atoms with E-state index in [0.29, 0.717) is 11.8 Å². The quantitative estimate of drug-likeness (QED) is 0.753. The van der Waals surface area contributed by atoms with Crippen molar-refractivity contribution in [2.45, 2.75) is 6.04 Å². The second-order valence-corrected chi connectivity index (χ2v) is 7.12. The van der Waals surface area contributed by atoms with Gasteiger partial charge in [0.15, 0.2) is 0 Å². The van der Waals surface area contributed by atoms with E-state index in [4.69, 9.17) is 0 Å². The highest BCUT2D eigenvalue weighted by molar-refractivity contribution is 5.78. The first-order valence-electron chi connectivity index (χ1n) is 9.27. The Kier molecular flexibility index (Phi) is 3.68. The van der Waals surface area contributed by atoms with E-state index in [-0.39, 0.29) is 0 Å². The lowest BCUT2D eigenvalue weighted by molar-refractivity contribution is 0.215. The maximum Gasteiger partial charge on any atom is 0.115 e. The summed E-state index contributed by atoms with van der Waals surface area (Å²) in [5.74, 6) is 0.326. The largest absolute Gasteiger partial charge is 0.508 e. The number of anilines is 1. The van der Waals surface area contributed by atoms with Gasteiger partial charge in [-0.2, -0.15) is 0 Å². The topological polar surface area (TPSA) is 26.7 Å². The van der Waals surface area contributed by atoms with Crippen molar-refractivity contribution in [3.63, 3.8) is 0 Å². The van der Waals surface area contributed by atoms with E-state index in [9.17, 15) is 5.11 Å². The number of benzene rings is 3. The monoisotopic (exact) mass is 342 g/mol. The minimum absolute atomic E-state index is 0.326. The standard InChI is InChI=1S/C23H22N2O/c26-18-11-9-17(10-12-18)24-13-15-25(16-14-24)23-21-7-3-1-5-19(21)20-6-2-4-8-22(20)23/h1-12,23,26H,13-16H2. The van der Waals surface area contributed by atoms with Crippen molar-refractivity contribution in [1.82, 2.24) is 4.90 Å². The maximum absolute atomic E-state index is 9.50. The van der Waals surface area contributed by atoms with E-state index in [2.05, 4.69) is 58.3 Å². The van der Waals surface area contributed by atoms with Gasteiger partial charge in [-0.1, -0.05) is 48.5 Å². The first-order chi connectivity index (χ1) is 12.8. The fraction of sp³-hybridized carbons (Fsp3) is 0.217. The fourth-order valence-electron chi connectivity index (χ4n) is 4.42. The fourth-order valence-corrected chi connectivity index (χ4v) is 4.42. The van der Waals surface area contributed by atoms with Crippen LogP contribution < -0.4 is 4.90 Å². The molecule has 1 N–H and O–H groups in total. The third kappa shape index (κ3) is 2.47. The normalized spacial score (nSPS) is 17.2. The summed E-state index contributed by atoms with van der Waals surface area (Å²) in [5.41, 5.74) is 6.83. The Balaban J connectivity index is 1.41. The molecule has 3 heteroatoms. The third-order valence-corrected chi connectivity index (χ3v) is 5.70. The molecular formula is C23H22N2O. The molecule has 0 saturated carbocycles. The third-order valence-electron chi connectivity index (χ3n) is 5.70. The molecule has 0 unspecified atom stereocenters. The molecule has 0 bridgehead atoms. The number of aromatic hydroxyl groups is 1. The van der Waals surface area contributed by atoms with Gasteiger partial charge >= 0.3 is 0 Å². The summed E-state index contributed by atoms with van der Waals surface area (Å²) in [4.78, 5) is 5.02. The van der Waals surface area contributed by atoms with E-state index in [0.717, 1.165) is 26.2 Å². The molecular weight excluding hydrogens is 320 g/mol. The number of nitrogens with zero attached hydrogens (tertiary/aromatic N) is 2. The SMILES string of the molecule is Oc1ccc(N2CCN(C3c4ccccc4-c4ccccc43)CC2)cc1. The highest BCUT2D eigenvalue weighted by atomic mass is 16.3. The van der Waals surface area contributed by atoms with Crippen molar-refractivity contribution in [2.24, 2.45) is 0 Å². The number of piperazine rings is 1. The van der Waals surface area contributed by atoms with Crippen molar-refractivity contribution < 1.29 is 5.11 Å². The first kappa shape index (κ1) is 15.5. The number of phenolic OH excluding ortho intramolecular Hbond substituents is 1. The van der Waals surface area contributed by atoms with Crippen molar-refractivity contribution in [3.05, 3.63) is 83.9 Å². The molecule has 0 radical (unpaired) electrons. The average molecular weight is 342 g/mol. The smallest absolute Gasteiger partial charge is 0.115 e. The lowest BCUT2D eigenvalue weighted by Crippen LogP contribution is -2.47. The summed E-state index contributed by atoms with van der Waals surface area (Å²) >= 11 is 0. The van der Waals surface area contributed by atoms with Crippen LogP contribution in [0.5, 0.6) is 5.75 Å². The molecule has 0 amide bonds. The first-order valence-corrected chi connectivity index (χ1v) is 9.27. The molecule has 1 aliphatic carbocycles. The Morgan fingerprint density at radius 2 is 1.19 bits per heavy atom. The molecule has 0 aromatic heterocycles. The summed E-state index contributed by atoms with van der Waals surface area (Å²) in [6.07, 6.45) is 0. The molecule has 130 valence electrons. The summed E-state index contributed by atoms with van der Waals surface area (Å²) in [6, 6.07) is 25.6. The lowest BCUT2D eigenvalue weighted by Gasteiger charge is -2.39. The number of rotatable bonds is 2. The number of phenols is 1. The van der Waals surface area contributed by atoms with Gasteiger partial charge in [0.2, 0.25) is 0 Å². The molecule has 0 atom stereocenters. The molecule has 1 fully saturated rings. The Hall–Kier alpha value is -2.78. The summed E-state index contributed by atoms with van der Waals surface area (Å²) in [7, 11) is 0. The summed E-state index contributed by atoms with van der Waals surface area (Å²) < 4.78 is 0. The van der Waals surface area contributed by atoms with Gasteiger partial charge < -0.3 is 10.0 Å². The van der Waals surface area contributed by atoms with Gasteiger partial charge in [0.25, 0.3) is 0 Å². The molecule has 26 heavy (non-hydrogen) atoms. The van der Waals surface area contributed by atoms with Gasteiger partial charge in [-0.15, -0.1) is 0 Å². The van der Waals surface area contributed by atoms with E-state index in [1.54, 1.807) is 12.1 Å². The molecule has 2 aliphatic rings. The van der Waals surface area contributed by atoms with Crippen molar-refractivity contribution in [1.29, 1.82) is 0 Å². The Labute approximate surface area is 154 Å². The maximum atomic E-state index is 9.50. The highest BCUT2D eigenvalue weighted by Gasteiger charge is 2.34. The van der Waals surface area contributed by atoms with E-state index >= 15 is 0 Å². The molecule has 5 rings (SSSR count). The van der Waals surface area contributed by atoms with Crippen LogP contribution in [0.3, 0.4) is 0 Å². The highest BCUT2D eigenvalue weighted by Crippen LogP contribution is 2.46. The Morgan fingerprint density at radius 3 is 1.77 bits per heavy atom. The predicted octanol–water partition coefficient (Wildman–Crippen LogP) is 4.28. The molecule has 1 saturated heterocycles. The second kappa shape index (κ2) is 6.19. The van der Waals surface area contributed by atoms with Crippen molar-refractivity contribution >= 4 is 5.69 Å². The van der Waals surface area contributed by atoms with Gasteiger partial charge in [-0.25, -0.2) is 0 Å². The van der Waals surface area contributed by atoms with Gasteiger partial charge in [0.05, 0.1) is 6.04 Å². The number of fused-ring (bicyclic) bond motifs is 3. The minimum atomic E-state index is 0.326. The summed E-state index contributed by atoms with van der Waals surface area (Å²) in [6.45, 7) is 4.08. The van der Waals surface area contributed by atoms with Crippen LogP contribution >= 0.6 is 0 Å². The second-order valence-electron chi connectivity index (χ2n) is 7.12. The van der Waals surface area contributed by atoms with Crippen LogP contribution in [0.4, 0.5) is 5.69 Å². The van der Waals surface area contributed by atoms with Crippen LogP contribution in [0.15, 0.2) is 72.8 Å². The Bertz CT molecular complexity index is 881. The average Bonchev–Trinajstić information content (AvgIpc) is 3.03. The van der Waals surface area contributed by atoms with Crippen LogP contribution in [-0.4, -0.2) is 36.2 Å². The molecule has 1 heterocycles. The number of hydrogen-bond acceptors (Lipinski definition) is 3. The van der Waals surface area contributed by atoms with Crippen LogP contribution in [-0.2, 0) is 0 Å². The van der Waals surface area contributed by atoms with Crippen molar-refractivity contribution in [3.8, 4) is 16.9 Å². The molecule has 3 nitrogen and oxygen atoms in total. The van der Waals surface area contributed by atoms with Crippen molar-refractivity contribution in [2.75, 3.05) is 31.1 Å². The lowest BCUT2D eigenvalue weighted by atomic mass is 10.0. The zero-order chi connectivity index (χ0) is 17.5. The van der Waals surface area contributed by atoms with Gasteiger partial charge in [-0.05, 0) is 46.5 Å². The van der Waals surface area contributed by atoms with E-state index in [1.165, 1.54) is 27.9 Å². The predicted molar refractivity (Wildman–Crippen MR) is 106 cm³/mol. The summed E-state index contributed by atoms with van der Waals surface area (Å²) in [5, 5.41) is 9.50. The van der Waals surface area contributed by atoms with Gasteiger partial charge in [-0.3, -0.25) is 4.90 Å². The zero-order valence-corrected chi connectivity index (χ0v) is 14.7. The molecule has 0 spiro atoms. The van der Waals surface area contributed by atoms with Gasteiger partial charge in [0.1, 0.15) is 5.75 Å². The molecule has 3 aromatic rings. The van der Waals surface area contributed by atoms with Crippen LogP contribution in [0.2, 0.25) is 0 Å². The number of hydrogen-bond donors (Lipinski definition) is 1. The van der Waals surface area contributed by atoms with E-state index in [1.807, 2.05) is 12.1 Å². The van der Waals surface area contributed by atoms with E-state index < -0.39 is 0 Å². The van der Waals surface area contributed by atoms with Gasteiger partial charge in [0, 0.05) is 31.9 Å². The minimum Gasteiger partial charge on any atom is -0.508 e. The zero-order valence-electron chi connectivity index (χ0n) is 14.7. The van der Waals surface area contributed by atoms with Crippen LogP contribution in [0, 0.1) is 0 Å².